The minimum absolute atomic E-state index is 0.0278. The number of aromatic nitrogens is 2. The molecule has 0 aliphatic carbocycles. The highest BCUT2D eigenvalue weighted by molar-refractivity contribution is 14.1. The summed E-state index contributed by atoms with van der Waals surface area (Å²) in [7, 11) is 0. The molecule has 1 heterocycles. The predicted molar refractivity (Wildman–Crippen MR) is 79.1 cm³/mol. The number of nitrogens with one attached hydrogen (secondary N) is 1. The lowest BCUT2D eigenvalue weighted by Gasteiger charge is -2.10. The van der Waals surface area contributed by atoms with Crippen LogP contribution in [0.15, 0.2) is 36.7 Å². The minimum Gasteiger partial charge on any atom is -0.375 e. The van der Waals surface area contributed by atoms with Gasteiger partial charge in [0.2, 0.25) is 0 Å². The lowest BCUT2D eigenvalue weighted by atomic mass is 10.2. The summed E-state index contributed by atoms with van der Waals surface area (Å²) in [5.41, 5.74) is 7.13. The van der Waals surface area contributed by atoms with Crippen LogP contribution in [0.25, 0.3) is 0 Å². The van der Waals surface area contributed by atoms with Crippen molar-refractivity contribution in [3.63, 3.8) is 0 Å². The number of hydrogen-bond acceptors (Lipinski definition) is 3. The molecule has 0 fully saturated rings. The van der Waals surface area contributed by atoms with E-state index in [-0.39, 0.29) is 6.04 Å². The van der Waals surface area contributed by atoms with Crippen LogP contribution in [0, 0.1) is 3.57 Å². The maximum Gasteiger partial charge on any atom is 0.107 e. The van der Waals surface area contributed by atoms with Crippen molar-refractivity contribution < 1.29 is 4.74 Å². The molecular weight excluding hydrogens is 341 g/mol. The third-order valence-electron chi connectivity index (χ3n) is 2.52. The lowest BCUT2D eigenvalue weighted by Crippen LogP contribution is -2.29. The second kappa shape index (κ2) is 6.86. The van der Waals surface area contributed by atoms with Gasteiger partial charge in [-0.1, -0.05) is 12.1 Å². The summed E-state index contributed by atoms with van der Waals surface area (Å²) in [5, 5.41) is 0. The van der Waals surface area contributed by atoms with Crippen LogP contribution >= 0.6 is 22.6 Å². The van der Waals surface area contributed by atoms with E-state index >= 15 is 0 Å². The Kier molecular flexibility index (Phi) is 5.15. The number of H-pyrrole nitrogens is 1. The molecule has 0 unspecified atom stereocenters. The fourth-order valence-corrected chi connectivity index (χ4v) is 1.99. The molecule has 0 aliphatic rings. The lowest BCUT2D eigenvalue weighted by molar-refractivity contribution is 0.107. The van der Waals surface area contributed by atoms with Crippen LogP contribution < -0.4 is 5.73 Å². The van der Waals surface area contributed by atoms with E-state index in [9.17, 15) is 0 Å². The standard InChI is InChI=1S/C13H16IN3O/c14-11-3-1-10(2-4-11)8-18-9-12(15)7-13-16-5-6-17-13/h1-6,12H,7-9,15H2,(H,16,17)/t12-/m0/s1. The Labute approximate surface area is 120 Å². The van der Waals surface area contributed by atoms with E-state index < -0.39 is 0 Å². The first-order valence-corrected chi connectivity index (χ1v) is 6.88. The zero-order valence-corrected chi connectivity index (χ0v) is 12.1. The van der Waals surface area contributed by atoms with Gasteiger partial charge >= 0.3 is 0 Å². The molecule has 0 aliphatic heterocycles. The van der Waals surface area contributed by atoms with Crippen molar-refractivity contribution in [3.05, 3.63) is 51.6 Å². The van der Waals surface area contributed by atoms with Gasteiger partial charge in [0, 0.05) is 28.4 Å². The fraction of sp³-hybridized carbons (Fsp3) is 0.308. The largest absolute Gasteiger partial charge is 0.375 e. The first-order chi connectivity index (χ1) is 8.74. The molecule has 3 N–H and O–H groups in total. The van der Waals surface area contributed by atoms with E-state index in [0.29, 0.717) is 19.6 Å². The number of nitrogens with two attached hydrogens (primary N) is 1. The highest BCUT2D eigenvalue weighted by Crippen LogP contribution is 2.08. The Morgan fingerprint density at radius 2 is 2.11 bits per heavy atom. The van der Waals surface area contributed by atoms with Gasteiger partial charge < -0.3 is 15.5 Å². The molecule has 0 bridgehead atoms. The minimum atomic E-state index is -0.0278. The quantitative estimate of drug-likeness (QED) is 0.779. The topological polar surface area (TPSA) is 63.9 Å². The van der Waals surface area contributed by atoms with E-state index in [4.69, 9.17) is 10.5 Å². The van der Waals surface area contributed by atoms with Gasteiger partial charge in [0.05, 0.1) is 13.2 Å². The Balaban J connectivity index is 1.70. The molecule has 0 radical (unpaired) electrons. The van der Waals surface area contributed by atoms with Crippen LogP contribution in [0.5, 0.6) is 0 Å². The molecule has 18 heavy (non-hydrogen) atoms. The van der Waals surface area contributed by atoms with Crippen LogP contribution in [0.2, 0.25) is 0 Å². The predicted octanol–water partition coefficient (Wildman–Crippen LogP) is 2.10. The Hall–Kier alpha value is -0.920. The van der Waals surface area contributed by atoms with E-state index in [1.165, 1.54) is 9.13 Å². The van der Waals surface area contributed by atoms with E-state index in [2.05, 4.69) is 56.8 Å². The number of halogens is 1. The summed E-state index contributed by atoms with van der Waals surface area (Å²) in [5.74, 6) is 0.903. The van der Waals surface area contributed by atoms with Gasteiger partial charge in [-0.25, -0.2) is 4.98 Å². The summed E-state index contributed by atoms with van der Waals surface area (Å²) in [4.78, 5) is 7.18. The van der Waals surface area contributed by atoms with E-state index in [1.807, 2.05) is 0 Å². The number of rotatable bonds is 6. The number of nitrogens with zero attached hydrogens (tertiary/aromatic N) is 1. The van der Waals surface area contributed by atoms with Crippen molar-refractivity contribution in [2.45, 2.75) is 19.1 Å². The monoisotopic (exact) mass is 357 g/mol. The highest BCUT2D eigenvalue weighted by Gasteiger charge is 2.06. The van der Waals surface area contributed by atoms with E-state index in [1.54, 1.807) is 12.4 Å². The maximum atomic E-state index is 5.97. The van der Waals surface area contributed by atoms with Crippen molar-refractivity contribution in [3.8, 4) is 0 Å². The molecule has 0 saturated heterocycles. The Morgan fingerprint density at radius 3 is 2.78 bits per heavy atom. The first-order valence-electron chi connectivity index (χ1n) is 5.80. The van der Waals surface area contributed by atoms with Crippen molar-refractivity contribution in [1.29, 1.82) is 0 Å². The summed E-state index contributed by atoms with van der Waals surface area (Å²) in [6.45, 7) is 1.13. The van der Waals surface area contributed by atoms with Gasteiger partial charge in [0.1, 0.15) is 5.82 Å². The van der Waals surface area contributed by atoms with Crippen LogP contribution in [-0.2, 0) is 17.8 Å². The molecule has 2 rings (SSSR count). The summed E-state index contributed by atoms with van der Waals surface area (Å²) >= 11 is 2.29. The second-order valence-electron chi connectivity index (χ2n) is 4.14. The zero-order chi connectivity index (χ0) is 12.8. The highest BCUT2D eigenvalue weighted by atomic mass is 127. The SMILES string of the molecule is N[C@H](COCc1ccc(I)cc1)Cc1ncc[nH]1. The normalized spacial score (nSPS) is 12.6. The smallest absolute Gasteiger partial charge is 0.107 e. The molecular formula is C13H16IN3O. The third kappa shape index (κ3) is 4.40. The number of hydrogen-bond donors (Lipinski definition) is 2. The number of ether oxygens (including phenoxy) is 1. The molecule has 4 nitrogen and oxygen atoms in total. The molecule has 1 atom stereocenters. The molecule has 0 spiro atoms. The van der Waals surface area contributed by atoms with Gasteiger partial charge in [0.15, 0.2) is 0 Å². The molecule has 1 aromatic carbocycles. The average molecular weight is 357 g/mol. The van der Waals surface area contributed by atoms with Crippen molar-refractivity contribution in [1.82, 2.24) is 9.97 Å². The molecule has 0 amide bonds. The van der Waals surface area contributed by atoms with Crippen LogP contribution in [0.1, 0.15) is 11.4 Å². The van der Waals surface area contributed by atoms with Gasteiger partial charge in [-0.2, -0.15) is 0 Å². The molecule has 1 aromatic heterocycles. The summed E-state index contributed by atoms with van der Waals surface area (Å²) < 4.78 is 6.83. The molecule has 96 valence electrons. The summed E-state index contributed by atoms with van der Waals surface area (Å²) in [6.07, 6.45) is 4.24. The van der Waals surface area contributed by atoms with Crippen LogP contribution in [-0.4, -0.2) is 22.6 Å². The third-order valence-corrected chi connectivity index (χ3v) is 3.24. The van der Waals surface area contributed by atoms with Crippen molar-refractivity contribution in [2.24, 2.45) is 5.73 Å². The van der Waals surface area contributed by atoms with Gasteiger partial charge in [0.25, 0.3) is 0 Å². The maximum absolute atomic E-state index is 5.97. The van der Waals surface area contributed by atoms with E-state index in [0.717, 1.165) is 5.82 Å². The van der Waals surface area contributed by atoms with Crippen LogP contribution in [0.4, 0.5) is 0 Å². The Bertz CT molecular complexity index is 456. The van der Waals surface area contributed by atoms with Crippen molar-refractivity contribution in [2.75, 3.05) is 6.61 Å². The van der Waals surface area contributed by atoms with Gasteiger partial charge in [-0.3, -0.25) is 0 Å². The first kappa shape index (κ1) is 13.5. The molecule has 5 heteroatoms. The molecule has 0 saturated carbocycles. The average Bonchev–Trinajstić information content (AvgIpc) is 2.84. The Morgan fingerprint density at radius 1 is 1.33 bits per heavy atom. The van der Waals surface area contributed by atoms with Gasteiger partial charge in [-0.05, 0) is 40.3 Å². The number of aromatic amines is 1. The molecule has 2 aromatic rings. The van der Waals surface area contributed by atoms with Crippen molar-refractivity contribution >= 4 is 22.6 Å². The number of imidazole rings is 1. The summed E-state index contributed by atoms with van der Waals surface area (Å²) in [6, 6.07) is 8.25. The van der Waals surface area contributed by atoms with Gasteiger partial charge in [-0.15, -0.1) is 0 Å². The fourth-order valence-electron chi connectivity index (χ4n) is 1.63. The zero-order valence-electron chi connectivity index (χ0n) is 9.97. The van der Waals surface area contributed by atoms with Crippen LogP contribution in [0.3, 0.4) is 0 Å². The number of benzene rings is 1. The second-order valence-corrected chi connectivity index (χ2v) is 5.39.